The number of halogens is 4. The van der Waals surface area contributed by atoms with E-state index in [1.54, 1.807) is 30.3 Å². The van der Waals surface area contributed by atoms with Crippen molar-refractivity contribution in [1.29, 1.82) is 0 Å². The smallest absolute Gasteiger partial charge is 0.257 e. The highest BCUT2D eigenvalue weighted by Gasteiger charge is 2.28. The molecule has 8 heteroatoms. The van der Waals surface area contributed by atoms with Gasteiger partial charge in [-0.05, 0) is 29.8 Å². The summed E-state index contributed by atoms with van der Waals surface area (Å²) >= 11 is 23.5. The van der Waals surface area contributed by atoms with E-state index in [-0.39, 0.29) is 12.1 Å². The molecule has 1 aliphatic rings. The van der Waals surface area contributed by atoms with Crippen LogP contribution in [0.15, 0.2) is 52.7 Å². The first-order valence-corrected chi connectivity index (χ1v) is 9.11. The predicted octanol–water partition coefficient (Wildman–Crippen LogP) is 6.37. The molecular weight excluding hydrogens is 404 g/mol. The van der Waals surface area contributed by atoms with Crippen molar-refractivity contribution in [1.82, 2.24) is 0 Å². The van der Waals surface area contributed by atoms with Crippen LogP contribution in [0.1, 0.15) is 29.6 Å². The molecule has 2 unspecified atom stereocenters. The average molecular weight is 417 g/mol. The Kier molecular flexibility index (Phi) is 5.85. The Morgan fingerprint density at radius 2 is 1.60 bits per heavy atom. The summed E-state index contributed by atoms with van der Waals surface area (Å²) in [6.45, 7) is 0. The molecule has 0 saturated heterocycles. The maximum atomic E-state index is 11.5. The minimum absolute atomic E-state index is 0.0871. The van der Waals surface area contributed by atoms with Gasteiger partial charge in [0.05, 0.1) is 6.04 Å². The lowest BCUT2D eigenvalue weighted by Gasteiger charge is -2.13. The fraction of sp³-hybridized carbons (Fsp3) is 0.235. The van der Waals surface area contributed by atoms with Crippen LogP contribution in [-0.2, 0) is 4.79 Å². The molecule has 130 valence electrons. The van der Waals surface area contributed by atoms with E-state index in [1.807, 2.05) is 12.1 Å². The highest BCUT2D eigenvalue weighted by atomic mass is 35.5. The number of anilines is 1. The largest absolute Gasteiger partial charge is 0.324 e. The molecule has 25 heavy (non-hydrogen) atoms. The third-order valence-electron chi connectivity index (χ3n) is 3.89. The number of carbonyl (C=O) groups is 1. The van der Waals surface area contributed by atoms with E-state index in [0.717, 1.165) is 11.1 Å². The maximum absolute atomic E-state index is 11.5. The average Bonchev–Trinajstić information content (AvgIpc) is 3.05. The zero-order valence-electron chi connectivity index (χ0n) is 12.8. The highest BCUT2D eigenvalue weighted by Crippen LogP contribution is 2.43. The molecule has 0 spiro atoms. The van der Waals surface area contributed by atoms with Gasteiger partial charge in [0.25, 0.3) is 5.91 Å². The molecule has 1 amide bonds. The van der Waals surface area contributed by atoms with Gasteiger partial charge in [-0.3, -0.25) is 4.79 Å². The zero-order valence-corrected chi connectivity index (χ0v) is 15.8. The van der Waals surface area contributed by atoms with E-state index in [2.05, 4.69) is 15.5 Å². The fourth-order valence-electron chi connectivity index (χ4n) is 2.66. The topological polar surface area (TPSA) is 53.8 Å². The monoisotopic (exact) mass is 415 g/mol. The number of rotatable bonds is 4. The second-order valence-corrected chi connectivity index (χ2v) is 7.46. The molecule has 1 N–H and O–H groups in total. The van der Waals surface area contributed by atoms with Crippen LogP contribution in [0, 0.1) is 0 Å². The third kappa shape index (κ3) is 4.26. The maximum Gasteiger partial charge on any atom is 0.257 e. The van der Waals surface area contributed by atoms with Crippen molar-refractivity contribution in [2.45, 2.75) is 23.3 Å². The molecule has 2 atom stereocenters. The van der Waals surface area contributed by atoms with Gasteiger partial charge < -0.3 is 5.32 Å². The third-order valence-corrected chi connectivity index (χ3v) is 4.94. The number of carbonyl (C=O) groups excluding carboxylic acids is 1. The van der Waals surface area contributed by atoms with Gasteiger partial charge in [0.15, 0.2) is 4.84 Å². The lowest BCUT2D eigenvalue weighted by Crippen LogP contribution is -2.18. The van der Waals surface area contributed by atoms with Gasteiger partial charge in [0, 0.05) is 27.7 Å². The summed E-state index contributed by atoms with van der Waals surface area (Å²) in [6.07, 6.45) is 0.681. The molecule has 1 aliphatic heterocycles. The highest BCUT2D eigenvalue weighted by molar-refractivity contribution is 6.54. The van der Waals surface area contributed by atoms with Crippen LogP contribution in [0.2, 0.25) is 10.0 Å². The number of azo groups is 1. The number of alkyl halides is 2. The predicted molar refractivity (Wildman–Crippen MR) is 102 cm³/mol. The van der Waals surface area contributed by atoms with E-state index >= 15 is 0 Å². The van der Waals surface area contributed by atoms with E-state index < -0.39 is 10.7 Å². The summed E-state index contributed by atoms with van der Waals surface area (Å²) in [5, 5.41) is 12.5. The van der Waals surface area contributed by atoms with Crippen molar-refractivity contribution < 1.29 is 4.79 Å². The Hall–Kier alpha value is -1.33. The SMILES string of the molecule is O=C(Nc1ccc(C2CC(c3c(Cl)cccc3Cl)N=N2)cc1)C(Cl)Cl. The lowest BCUT2D eigenvalue weighted by atomic mass is 9.97. The number of amides is 1. The van der Waals surface area contributed by atoms with Gasteiger partial charge in [-0.25, -0.2) is 0 Å². The van der Waals surface area contributed by atoms with Crippen LogP contribution in [0.25, 0.3) is 0 Å². The molecule has 0 aliphatic carbocycles. The van der Waals surface area contributed by atoms with Crippen LogP contribution in [0.4, 0.5) is 5.69 Å². The van der Waals surface area contributed by atoms with Gasteiger partial charge in [0.2, 0.25) is 0 Å². The molecule has 3 rings (SSSR count). The van der Waals surface area contributed by atoms with Crippen molar-refractivity contribution >= 4 is 58.0 Å². The molecule has 0 fully saturated rings. The molecule has 0 saturated carbocycles. The van der Waals surface area contributed by atoms with E-state index in [9.17, 15) is 4.79 Å². The van der Waals surface area contributed by atoms with Gasteiger partial charge in [-0.2, -0.15) is 10.2 Å². The molecule has 0 aromatic heterocycles. The van der Waals surface area contributed by atoms with E-state index in [1.165, 1.54) is 0 Å². The quantitative estimate of drug-likeness (QED) is 0.578. The van der Waals surface area contributed by atoms with E-state index in [0.29, 0.717) is 22.2 Å². The summed E-state index contributed by atoms with van der Waals surface area (Å²) < 4.78 is 0. The second kappa shape index (κ2) is 7.92. The Morgan fingerprint density at radius 1 is 1.00 bits per heavy atom. The summed E-state index contributed by atoms with van der Waals surface area (Å²) in [7, 11) is 0. The standard InChI is InChI=1S/C17H13Cl4N3O/c18-11-2-1-3-12(19)15(11)14-8-13(23-24-14)9-4-6-10(7-5-9)22-17(25)16(20)21/h1-7,13-14,16H,8H2,(H,22,25). The van der Waals surface area contributed by atoms with Crippen molar-refractivity contribution in [3.05, 3.63) is 63.6 Å². The Morgan fingerprint density at radius 3 is 2.20 bits per heavy atom. The van der Waals surface area contributed by atoms with Gasteiger partial charge in [0.1, 0.15) is 6.04 Å². The molecule has 4 nitrogen and oxygen atoms in total. The molecular formula is C17H13Cl4N3O. The lowest BCUT2D eigenvalue weighted by molar-refractivity contribution is -0.114. The zero-order chi connectivity index (χ0) is 18.0. The van der Waals surface area contributed by atoms with Crippen molar-refractivity contribution in [3.8, 4) is 0 Å². The molecule has 1 heterocycles. The molecule has 0 bridgehead atoms. The molecule has 0 radical (unpaired) electrons. The number of hydrogen-bond donors (Lipinski definition) is 1. The van der Waals surface area contributed by atoms with Crippen LogP contribution >= 0.6 is 46.4 Å². The minimum atomic E-state index is -1.11. The first-order chi connectivity index (χ1) is 12.0. The van der Waals surface area contributed by atoms with Gasteiger partial charge in [-0.15, -0.1) is 0 Å². The van der Waals surface area contributed by atoms with Crippen molar-refractivity contribution in [2.75, 3.05) is 5.32 Å². The van der Waals surface area contributed by atoms with Crippen LogP contribution in [-0.4, -0.2) is 10.7 Å². The van der Waals surface area contributed by atoms with Crippen LogP contribution in [0.3, 0.4) is 0 Å². The number of nitrogens with zero attached hydrogens (tertiary/aromatic N) is 2. The van der Waals surface area contributed by atoms with Gasteiger partial charge in [-0.1, -0.05) is 64.6 Å². The summed E-state index contributed by atoms with van der Waals surface area (Å²) in [4.78, 5) is 10.4. The Bertz CT molecular complexity index is 788. The summed E-state index contributed by atoms with van der Waals surface area (Å²) in [5.41, 5.74) is 2.40. The first kappa shape index (κ1) is 18.5. The van der Waals surface area contributed by atoms with Crippen molar-refractivity contribution in [3.63, 3.8) is 0 Å². The summed E-state index contributed by atoms with van der Waals surface area (Å²) in [5.74, 6) is -0.468. The van der Waals surface area contributed by atoms with Crippen molar-refractivity contribution in [2.24, 2.45) is 10.2 Å². The van der Waals surface area contributed by atoms with Gasteiger partial charge >= 0.3 is 0 Å². The summed E-state index contributed by atoms with van der Waals surface area (Å²) in [6, 6.07) is 12.4. The number of nitrogens with one attached hydrogen (secondary N) is 1. The number of hydrogen-bond acceptors (Lipinski definition) is 3. The minimum Gasteiger partial charge on any atom is -0.324 e. The Balaban J connectivity index is 1.71. The normalized spacial score (nSPS) is 19.4. The molecule has 2 aromatic rings. The van der Waals surface area contributed by atoms with E-state index in [4.69, 9.17) is 46.4 Å². The number of benzene rings is 2. The van der Waals surface area contributed by atoms with Crippen LogP contribution in [0.5, 0.6) is 0 Å². The second-order valence-electron chi connectivity index (χ2n) is 5.55. The Labute approximate surface area is 165 Å². The molecule has 2 aromatic carbocycles. The first-order valence-electron chi connectivity index (χ1n) is 7.48. The van der Waals surface area contributed by atoms with Crippen LogP contribution < -0.4 is 5.32 Å². The fourth-order valence-corrected chi connectivity index (χ4v) is 3.42.